The van der Waals surface area contributed by atoms with Crippen LogP contribution in [0.15, 0.2) is 48.5 Å². The van der Waals surface area contributed by atoms with Crippen LogP contribution in [-0.4, -0.2) is 24.8 Å². The third kappa shape index (κ3) is 5.52. The predicted octanol–water partition coefficient (Wildman–Crippen LogP) is 4.01. The Morgan fingerprint density at radius 1 is 0.960 bits per heavy atom. The van der Waals surface area contributed by atoms with Crippen LogP contribution in [0.5, 0.6) is 5.75 Å². The van der Waals surface area contributed by atoms with Gasteiger partial charge in [-0.2, -0.15) is 0 Å². The van der Waals surface area contributed by atoms with Gasteiger partial charge in [-0.3, -0.25) is 4.79 Å². The van der Waals surface area contributed by atoms with Crippen LogP contribution in [0.1, 0.15) is 27.6 Å². The van der Waals surface area contributed by atoms with E-state index in [9.17, 15) is 22.8 Å². The van der Waals surface area contributed by atoms with Crippen LogP contribution >= 0.6 is 0 Å². The molecule has 0 aromatic heterocycles. The van der Waals surface area contributed by atoms with Crippen molar-refractivity contribution in [3.63, 3.8) is 0 Å². The van der Waals surface area contributed by atoms with Crippen molar-refractivity contribution in [3.8, 4) is 5.75 Å². The minimum Gasteiger partial charge on any atom is -0.462 e. The molecule has 2 rings (SSSR count). The van der Waals surface area contributed by atoms with Gasteiger partial charge in [-0.05, 0) is 55.5 Å². The van der Waals surface area contributed by atoms with Gasteiger partial charge in [0.1, 0.15) is 5.75 Å². The molecule has 0 atom stereocenters. The van der Waals surface area contributed by atoms with Crippen molar-refractivity contribution in [2.45, 2.75) is 13.3 Å². The highest BCUT2D eigenvalue weighted by atomic mass is 19.4. The summed E-state index contributed by atoms with van der Waals surface area (Å²) in [4.78, 5) is 23.6. The van der Waals surface area contributed by atoms with Gasteiger partial charge in [0, 0.05) is 11.3 Å². The van der Waals surface area contributed by atoms with Crippen LogP contribution in [-0.2, 0) is 4.74 Å². The number of amides is 1. The number of alkyl halides is 3. The molecule has 0 fully saturated rings. The van der Waals surface area contributed by atoms with Crippen LogP contribution in [0.2, 0.25) is 0 Å². The van der Waals surface area contributed by atoms with Crippen LogP contribution in [0.3, 0.4) is 0 Å². The van der Waals surface area contributed by atoms with Gasteiger partial charge in [0.15, 0.2) is 0 Å². The highest BCUT2D eigenvalue weighted by Crippen LogP contribution is 2.23. The molecule has 0 unspecified atom stereocenters. The Morgan fingerprint density at radius 3 is 2.04 bits per heavy atom. The Balaban J connectivity index is 2.00. The van der Waals surface area contributed by atoms with Gasteiger partial charge < -0.3 is 14.8 Å². The average molecular weight is 353 g/mol. The monoisotopic (exact) mass is 353 g/mol. The molecular formula is C17H14F3NO4. The van der Waals surface area contributed by atoms with Crippen molar-refractivity contribution in [1.82, 2.24) is 0 Å². The normalized spacial score (nSPS) is 10.9. The highest BCUT2D eigenvalue weighted by Gasteiger charge is 2.31. The van der Waals surface area contributed by atoms with Crippen LogP contribution in [0.4, 0.5) is 18.9 Å². The molecule has 0 saturated heterocycles. The maximum atomic E-state index is 12.1. The largest absolute Gasteiger partial charge is 0.573 e. The molecular weight excluding hydrogens is 339 g/mol. The maximum Gasteiger partial charge on any atom is 0.573 e. The Morgan fingerprint density at radius 2 is 1.52 bits per heavy atom. The van der Waals surface area contributed by atoms with Gasteiger partial charge >= 0.3 is 12.3 Å². The molecule has 1 N–H and O–H groups in total. The van der Waals surface area contributed by atoms with E-state index in [-0.39, 0.29) is 12.2 Å². The summed E-state index contributed by atoms with van der Waals surface area (Å²) in [5.41, 5.74) is 0.922. The topological polar surface area (TPSA) is 64.6 Å². The number of hydrogen-bond acceptors (Lipinski definition) is 4. The third-order valence-electron chi connectivity index (χ3n) is 3.00. The minimum atomic E-state index is -4.79. The molecule has 0 aliphatic heterocycles. The molecule has 0 aliphatic carbocycles. The second-order valence-electron chi connectivity index (χ2n) is 4.82. The molecule has 0 saturated carbocycles. The highest BCUT2D eigenvalue weighted by molar-refractivity contribution is 6.04. The summed E-state index contributed by atoms with van der Waals surface area (Å²) < 4.78 is 44.9. The minimum absolute atomic E-state index is 0.156. The molecule has 0 heterocycles. The molecule has 0 aliphatic rings. The quantitative estimate of drug-likeness (QED) is 0.825. The maximum absolute atomic E-state index is 12.1. The molecule has 0 radical (unpaired) electrons. The summed E-state index contributed by atoms with van der Waals surface area (Å²) in [5, 5.41) is 2.57. The van der Waals surface area contributed by atoms with Gasteiger partial charge in [-0.15, -0.1) is 13.2 Å². The van der Waals surface area contributed by atoms with E-state index >= 15 is 0 Å². The van der Waals surface area contributed by atoms with Crippen molar-refractivity contribution in [2.75, 3.05) is 11.9 Å². The van der Waals surface area contributed by atoms with Crippen molar-refractivity contribution in [1.29, 1.82) is 0 Å². The van der Waals surface area contributed by atoms with Gasteiger partial charge in [0.25, 0.3) is 5.91 Å². The number of anilines is 1. The first kappa shape index (κ1) is 18.3. The first-order valence-corrected chi connectivity index (χ1v) is 7.23. The zero-order chi connectivity index (χ0) is 18.4. The summed E-state index contributed by atoms with van der Waals surface area (Å²) in [6, 6.07) is 10.5. The van der Waals surface area contributed by atoms with Crippen molar-refractivity contribution >= 4 is 17.6 Å². The summed E-state index contributed by atoms with van der Waals surface area (Å²) in [6.45, 7) is 1.95. The van der Waals surface area contributed by atoms with Crippen LogP contribution in [0, 0.1) is 0 Å². The van der Waals surface area contributed by atoms with Crippen molar-refractivity contribution in [2.24, 2.45) is 0 Å². The smallest absolute Gasteiger partial charge is 0.462 e. The lowest BCUT2D eigenvalue weighted by molar-refractivity contribution is -0.274. The Labute approximate surface area is 141 Å². The summed E-state index contributed by atoms with van der Waals surface area (Å²) in [7, 11) is 0. The molecule has 8 heteroatoms. The lowest BCUT2D eigenvalue weighted by Crippen LogP contribution is -2.17. The Bertz CT molecular complexity index is 740. The van der Waals surface area contributed by atoms with Crippen molar-refractivity contribution < 1.29 is 32.2 Å². The number of ether oxygens (including phenoxy) is 2. The van der Waals surface area contributed by atoms with E-state index in [1.807, 2.05) is 0 Å². The van der Waals surface area contributed by atoms with E-state index in [0.29, 0.717) is 11.3 Å². The van der Waals surface area contributed by atoms with Crippen LogP contribution < -0.4 is 10.1 Å². The average Bonchev–Trinajstić information content (AvgIpc) is 2.55. The molecule has 5 nitrogen and oxygen atoms in total. The number of halogens is 3. The Hall–Kier alpha value is -3.03. The number of benzene rings is 2. The summed E-state index contributed by atoms with van der Waals surface area (Å²) in [6.07, 6.45) is -4.79. The number of carbonyl (C=O) groups excluding carboxylic acids is 2. The summed E-state index contributed by atoms with van der Waals surface area (Å²) in [5.74, 6) is -1.40. The van der Waals surface area contributed by atoms with E-state index in [1.54, 1.807) is 6.92 Å². The third-order valence-corrected chi connectivity index (χ3v) is 3.00. The van der Waals surface area contributed by atoms with E-state index < -0.39 is 24.0 Å². The van der Waals surface area contributed by atoms with Crippen molar-refractivity contribution in [3.05, 3.63) is 59.7 Å². The number of rotatable bonds is 5. The van der Waals surface area contributed by atoms with Gasteiger partial charge in [0.05, 0.1) is 12.2 Å². The van der Waals surface area contributed by atoms with E-state index in [1.165, 1.54) is 36.4 Å². The lowest BCUT2D eigenvalue weighted by Gasteiger charge is -2.10. The van der Waals surface area contributed by atoms with Gasteiger partial charge in [-0.1, -0.05) is 0 Å². The number of esters is 1. The molecule has 0 bridgehead atoms. The number of carbonyl (C=O) groups is 2. The molecule has 2 aromatic carbocycles. The predicted molar refractivity (Wildman–Crippen MR) is 83.5 cm³/mol. The standard InChI is InChI=1S/C17H14F3NO4/c1-2-24-16(23)12-3-7-13(8-4-12)21-15(22)11-5-9-14(10-6-11)25-17(18,19)20/h3-10H,2H2,1H3,(H,21,22). The van der Waals surface area contributed by atoms with E-state index in [0.717, 1.165) is 12.1 Å². The molecule has 0 spiro atoms. The fraction of sp³-hybridized carbons (Fsp3) is 0.176. The summed E-state index contributed by atoms with van der Waals surface area (Å²) >= 11 is 0. The molecule has 1 amide bonds. The molecule has 25 heavy (non-hydrogen) atoms. The fourth-order valence-corrected chi connectivity index (χ4v) is 1.92. The SMILES string of the molecule is CCOC(=O)c1ccc(NC(=O)c2ccc(OC(F)(F)F)cc2)cc1. The molecule has 2 aromatic rings. The molecule has 132 valence electrons. The lowest BCUT2D eigenvalue weighted by atomic mass is 10.1. The van der Waals surface area contributed by atoms with E-state index in [4.69, 9.17) is 4.74 Å². The second-order valence-corrected chi connectivity index (χ2v) is 4.82. The second kappa shape index (κ2) is 7.69. The number of hydrogen-bond donors (Lipinski definition) is 1. The Kier molecular flexibility index (Phi) is 5.63. The van der Waals surface area contributed by atoms with Crippen LogP contribution in [0.25, 0.3) is 0 Å². The van der Waals surface area contributed by atoms with Gasteiger partial charge in [-0.25, -0.2) is 4.79 Å². The zero-order valence-corrected chi connectivity index (χ0v) is 13.1. The number of nitrogens with one attached hydrogen (secondary N) is 1. The first-order valence-electron chi connectivity index (χ1n) is 7.23. The van der Waals surface area contributed by atoms with Gasteiger partial charge in [0.2, 0.25) is 0 Å². The van der Waals surface area contributed by atoms with E-state index in [2.05, 4.69) is 10.1 Å². The first-order chi connectivity index (χ1) is 11.8. The zero-order valence-electron chi connectivity index (χ0n) is 13.1. The fourth-order valence-electron chi connectivity index (χ4n) is 1.92.